The van der Waals surface area contributed by atoms with Gasteiger partial charge in [0.25, 0.3) is 0 Å². The van der Waals surface area contributed by atoms with Crippen LogP contribution in [0.4, 0.5) is 5.82 Å². The molecule has 1 aliphatic heterocycles. The molecule has 0 saturated carbocycles. The van der Waals surface area contributed by atoms with E-state index in [0.29, 0.717) is 5.92 Å². The van der Waals surface area contributed by atoms with Gasteiger partial charge in [-0.2, -0.15) is 0 Å². The molecule has 90 valence electrons. The predicted octanol–water partition coefficient (Wildman–Crippen LogP) is 0.488. The Balaban J connectivity index is 1.70. The van der Waals surface area contributed by atoms with E-state index in [-0.39, 0.29) is 0 Å². The maximum absolute atomic E-state index is 4.31. The number of nitrogens with zero attached hydrogens (tertiary/aromatic N) is 5. The van der Waals surface area contributed by atoms with Crippen LogP contribution < -0.4 is 5.32 Å². The Morgan fingerprint density at radius 1 is 1.53 bits per heavy atom. The van der Waals surface area contributed by atoms with Gasteiger partial charge in [-0.15, -0.1) is 10.2 Å². The second kappa shape index (κ2) is 4.29. The molecule has 1 fully saturated rings. The maximum Gasteiger partial charge on any atom is 0.203 e. The van der Waals surface area contributed by atoms with Crippen molar-refractivity contribution in [1.29, 1.82) is 0 Å². The zero-order chi connectivity index (χ0) is 11.7. The summed E-state index contributed by atoms with van der Waals surface area (Å²) in [4.78, 5) is 6.67. The zero-order valence-corrected chi connectivity index (χ0v) is 9.87. The lowest BCUT2D eigenvalue weighted by Crippen LogP contribution is -2.19. The summed E-state index contributed by atoms with van der Waals surface area (Å²) in [6.45, 7) is 3.29. The molecule has 0 amide bonds. The van der Waals surface area contributed by atoms with Crippen LogP contribution in [0.15, 0.2) is 18.7 Å². The molecule has 0 bridgehead atoms. The molecule has 0 aromatic carbocycles. The number of fused-ring (bicyclic) bond motifs is 1. The van der Waals surface area contributed by atoms with Crippen LogP contribution >= 0.6 is 0 Å². The third kappa shape index (κ3) is 2.08. The summed E-state index contributed by atoms with van der Waals surface area (Å²) in [5.41, 5.74) is 0.791. The van der Waals surface area contributed by atoms with Crippen molar-refractivity contribution in [1.82, 2.24) is 24.5 Å². The summed E-state index contributed by atoms with van der Waals surface area (Å²) in [7, 11) is 2.16. The van der Waals surface area contributed by atoms with Crippen LogP contribution in [-0.2, 0) is 0 Å². The molecule has 0 aliphatic carbocycles. The molecule has 1 aliphatic rings. The molecule has 6 nitrogen and oxygen atoms in total. The van der Waals surface area contributed by atoms with E-state index in [1.165, 1.54) is 13.0 Å². The number of aromatic nitrogens is 4. The molecule has 2 aromatic heterocycles. The molecule has 0 spiro atoms. The third-order valence-corrected chi connectivity index (χ3v) is 3.26. The molecule has 0 radical (unpaired) electrons. The molecule has 1 N–H and O–H groups in total. The minimum atomic E-state index is 0.699. The van der Waals surface area contributed by atoms with Crippen LogP contribution in [-0.4, -0.2) is 51.2 Å². The second-order valence-electron chi connectivity index (χ2n) is 4.64. The van der Waals surface area contributed by atoms with Gasteiger partial charge in [0.2, 0.25) is 5.65 Å². The highest BCUT2D eigenvalue weighted by atomic mass is 15.2. The summed E-state index contributed by atoms with van der Waals surface area (Å²) in [5.74, 6) is 1.52. The Hall–Kier alpha value is -1.69. The number of nitrogens with one attached hydrogen (secondary N) is 1. The van der Waals surface area contributed by atoms with E-state index in [4.69, 9.17) is 0 Å². The van der Waals surface area contributed by atoms with E-state index in [1.807, 2.05) is 10.6 Å². The van der Waals surface area contributed by atoms with Crippen molar-refractivity contribution in [2.45, 2.75) is 6.42 Å². The Morgan fingerprint density at radius 2 is 2.47 bits per heavy atom. The van der Waals surface area contributed by atoms with Gasteiger partial charge in [0, 0.05) is 25.5 Å². The number of anilines is 1. The summed E-state index contributed by atoms with van der Waals surface area (Å²) in [6, 6.07) is 0. The lowest BCUT2D eigenvalue weighted by Gasteiger charge is -2.12. The van der Waals surface area contributed by atoms with Gasteiger partial charge in [0.1, 0.15) is 6.33 Å². The summed E-state index contributed by atoms with van der Waals surface area (Å²) in [6.07, 6.45) is 6.55. The molecular weight excluding hydrogens is 216 g/mol. The van der Waals surface area contributed by atoms with Crippen LogP contribution in [0.1, 0.15) is 6.42 Å². The van der Waals surface area contributed by atoms with Gasteiger partial charge in [0.15, 0.2) is 5.82 Å². The fourth-order valence-electron chi connectivity index (χ4n) is 2.32. The Kier molecular flexibility index (Phi) is 2.64. The summed E-state index contributed by atoms with van der Waals surface area (Å²) < 4.78 is 1.87. The first-order valence-corrected chi connectivity index (χ1v) is 5.89. The first kappa shape index (κ1) is 10.5. The summed E-state index contributed by atoms with van der Waals surface area (Å²) >= 11 is 0. The molecular formula is C11H16N6. The number of hydrogen-bond acceptors (Lipinski definition) is 5. The van der Waals surface area contributed by atoms with Crippen molar-refractivity contribution in [3.63, 3.8) is 0 Å². The average Bonchev–Trinajstić information content (AvgIpc) is 2.94. The first-order valence-electron chi connectivity index (χ1n) is 5.89. The van der Waals surface area contributed by atoms with Crippen molar-refractivity contribution in [2.24, 2.45) is 5.92 Å². The molecule has 1 unspecified atom stereocenters. The Bertz CT molecular complexity index is 507. The number of rotatable bonds is 3. The van der Waals surface area contributed by atoms with Crippen LogP contribution in [0.3, 0.4) is 0 Å². The molecule has 2 aromatic rings. The van der Waals surface area contributed by atoms with E-state index >= 15 is 0 Å². The van der Waals surface area contributed by atoms with E-state index in [0.717, 1.165) is 24.6 Å². The highest BCUT2D eigenvalue weighted by molar-refractivity contribution is 5.61. The van der Waals surface area contributed by atoms with Crippen molar-refractivity contribution in [3.8, 4) is 0 Å². The molecule has 6 heteroatoms. The third-order valence-electron chi connectivity index (χ3n) is 3.26. The largest absolute Gasteiger partial charge is 0.367 e. The predicted molar refractivity (Wildman–Crippen MR) is 64.9 cm³/mol. The smallest absolute Gasteiger partial charge is 0.203 e. The van der Waals surface area contributed by atoms with Gasteiger partial charge in [-0.05, 0) is 25.9 Å². The fourth-order valence-corrected chi connectivity index (χ4v) is 2.32. The molecule has 1 saturated heterocycles. The number of likely N-dealkylation sites (tertiary alicyclic amines) is 1. The summed E-state index contributed by atoms with van der Waals surface area (Å²) in [5, 5.41) is 11.3. The van der Waals surface area contributed by atoms with Gasteiger partial charge in [0.05, 0.1) is 0 Å². The normalized spacial score (nSPS) is 21.1. The quantitative estimate of drug-likeness (QED) is 0.834. The standard InChI is InChI=1S/C11H16N6/c1-16-4-2-9(7-16)6-13-10-11-15-14-8-17(11)5-3-12-10/h3,5,8-9H,2,4,6-7H2,1H3,(H,12,13). The van der Waals surface area contributed by atoms with Crippen LogP contribution in [0.2, 0.25) is 0 Å². The lowest BCUT2D eigenvalue weighted by atomic mass is 10.1. The highest BCUT2D eigenvalue weighted by Crippen LogP contribution is 2.16. The average molecular weight is 232 g/mol. The van der Waals surface area contributed by atoms with Crippen molar-refractivity contribution in [2.75, 3.05) is 32.0 Å². The minimum Gasteiger partial charge on any atom is -0.367 e. The molecule has 17 heavy (non-hydrogen) atoms. The second-order valence-corrected chi connectivity index (χ2v) is 4.64. The van der Waals surface area contributed by atoms with Crippen LogP contribution in [0.5, 0.6) is 0 Å². The van der Waals surface area contributed by atoms with Crippen LogP contribution in [0.25, 0.3) is 5.65 Å². The fraction of sp³-hybridized carbons (Fsp3) is 0.545. The van der Waals surface area contributed by atoms with Gasteiger partial charge in [-0.25, -0.2) is 4.98 Å². The van der Waals surface area contributed by atoms with Gasteiger partial charge in [-0.1, -0.05) is 0 Å². The van der Waals surface area contributed by atoms with Gasteiger partial charge >= 0.3 is 0 Å². The SMILES string of the molecule is CN1CCC(CNc2nccn3cnnc23)C1. The molecule has 1 atom stereocenters. The van der Waals surface area contributed by atoms with Crippen molar-refractivity contribution in [3.05, 3.63) is 18.7 Å². The van der Waals surface area contributed by atoms with Crippen molar-refractivity contribution >= 4 is 11.5 Å². The number of hydrogen-bond donors (Lipinski definition) is 1. The van der Waals surface area contributed by atoms with E-state index < -0.39 is 0 Å². The van der Waals surface area contributed by atoms with E-state index in [2.05, 4.69) is 32.4 Å². The van der Waals surface area contributed by atoms with Gasteiger partial charge in [-0.3, -0.25) is 4.40 Å². The Morgan fingerprint density at radius 3 is 3.29 bits per heavy atom. The first-order chi connectivity index (χ1) is 8.33. The maximum atomic E-state index is 4.31. The molecule has 3 rings (SSSR count). The van der Waals surface area contributed by atoms with Crippen LogP contribution in [0, 0.1) is 5.92 Å². The van der Waals surface area contributed by atoms with E-state index in [1.54, 1.807) is 12.5 Å². The van der Waals surface area contributed by atoms with Crippen molar-refractivity contribution < 1.29 is 0 Å². The Labute approximate surface area is 99.7 Å². The minimum absolute atomic E-state index is 0.699. The zero-order valence-electron chi connectivity index (χ0n) is 9.87. The monoisotopic (exact) mass is 232 g/mol. The van der Waals surface area contributed by atoms with Gasteiger partial charge < -0.3 is 10.2 Å². The van der Waals surface area contributed by atoms with E-state index in [9.17, 15) is 0 Å². The molecule has 3 heterocycles. The topological polar surface area (TPSA) is 58.4 Å². The highest BCUT2D eigenvalue weighted by Gasteiger charge is 2.19. The lowest BCUT2D eigenvalue weighted by molar-refractivity contribution is 0.399.